The van der Waals surface area contributed by atoms with Crippen LogP contribution in [-0.2, 0) is 6.54 Å². The molecule has 2 aliphatic rings. The molecule has 1 heterocycles. The Bertz CT molecular complexity index is 522. The van der Waals surface area contributed by atoms with Gasteiger partial charge in [0.25, 0.3) is 0 Å². The molecule has 1 N–H and O–H groups in total. The largest absolute Gasteiger partial charge is 0.494 e. The van der Waals surface area contributed by atoms with Gasteiger partial charge in [0.1, 0.15) is 5.75 Å². The van der Waals surface area contributed by atoms with Crippen molar-refractivity contribution < 1.29 is 9.84 Å². The lowest BCUT2D eigenvalue weighted by Gasteiger charge is -2.44. The van der Waals surface area contributed by atoms with Crippen molar-refractivity contribution in [2.24, 2.45) is 0 Å². The molecule has 0 spiro atoms. The van der Waals surface area contributed by atoms with Gasteiger partial charge < -0.3 is 14.7 Å². The molecule has 1 atom stereocenters. The molecule has 1 aromatic carbocycles. The van der Waals surface area contributed by atoms with Crippen LogP contribution in [-0.4, -0.2) is 35.8 Å². The Morgan fingerprint density at radius 2 is 2.04 bits per heavy atom. The number of ether oxygens (including phenoxy) is 1. The number of hydrogen-bond acceptors (Lipinski definition) is 3. The first-order chi connectivity index (χ1) is 11.1. The zero-order valence-corrected chi connectivity index (χ0v) is 14.7. The van der Waals surface area contributed by atoms with E-state index in [0.717, 1.165) is 64.0 Å². The van der Waals surface area contributed by atoms with E-state index in [-0.39, 0.29) is 5.92 Å². The van der Waals surface area contributed by atoms with Crippen molar-refractivity contribution in [1.82, 2.24) is 4.90 Å². The van der Waals surface area contributed by atoms with E-state index in [0.29, 0.717) is 0 Å². The molecule has 0 amide bonds. The first kappa shape index (κ1) is 16.8. The number of benzene rings is 1. The topological polar surface area (TPSA) is 32.7 Å². The molecular formula is C20H31NO2. The van der Waals surface area contributed by atoms with E-state index < -0.39 is 5.60 Å². The minimum atomic E-state index is -0.522. The van der Waals surface area contributed by atoms with Gasteiger partial charge >= 0.3 is 0 Å². The van der Waals surface area contributed by atoms with E-state index in [1.54, 1.807) is 0 Å². The predicted octanol–water partition coefficient (Wildman–Crippen LogP) is 4.09. The van der Waals surface area contributed by atoms with Crippen molar-refractivity contribution in [3.05, 3.63) is 29.3 Å². The summed E-state index contributed by atoms with van der Waals surface area (Å²) < 4.78 is 5.87. The molecule has 1 aliphatic heterocycles. The standard InChI is InChI=1S/C20H31NO2/c1-3-4-12-23-17-8-9-18-16(13-17)14-21(2)15-19(18)20(22)10-6-5-7-11-20/h8-9,13,19,22H,3-7,10-12,14-15H2,1-2H3. The number of unbranched alkanes of at least 4 members (excludes halogenated alkanes) is 1. The van der Waals surface area contributed by atoms with E-state index in [1.165, 1.54) is 17.5 Å². The monoisotopic (exact) mass is 317 g/mol. The summed E-state index contributed by atoms with van der Waals surface area (Å²) in [5, 5.41) is 11.2. The van der Waals surface area contributed by atoms with Crippen LogP contribution in [0.5, 0.6) is 5.75 Å². The van der Waals surface area contributed by atoms with Gasteiger partial charge in [-0.3, -0.25) is 0 Å². The van der Waals surface area contributed by atoms with E-state index in [2.05, 4.69) is 37.1 Å². The fourth-order valence-corrected chi connectivity index (χ4v) is 4.22. The molecule has 0 aromatic heterocycles. The quantitative estimate of drug-likeness (QED) is 0.830. The van der Waals surface area contributed by atoms with Gasteiger partial charge in [-0.2, -0.15) is 0 Å². The van der Waals surface area contributed by atoms with Crippen LogP contribution in [0.2, 0.25) is 0 Å². The van der Waals surface area contributed by atoms with Gasteiger partial charge in [0.05, 0.1) is 12.2 Å². The second-order valence-corrected chi connectivity index (χ2v) is 7.48. The van der Waals surface area contributed by atoms with Crippen molar-refractivity contribution in [1.29, 1.82) is 0 Å². The summed E-state index contributed by atoms with van der Waals surface area (Å²) in [6.45, 7) is 4.88. The number of fused-ring (bicyclic) bond motifs is 1. The molecule has 128 valence electrons. The first-order valence-corrected chi connectivity index (χ1v) is 9.29. The van der Waals surface area contributed by atoms with Gasteiger partial charge in [0, 0.05) is 19.0 Å². The third kappa shape index (κ3) is 3.72. The highest BCUT2D eigenvalue weighted by Crippen LogP contribution is 2.44. The average Bonchev–Trinajstić information content (AvgIpc) is 2.55. The van der Waals surface area contributed by atoms with Crippen LogP contribution < -0.4 is 4.74 Å². The lowest BCUT2D eigenvalue weighted by Crippen LogP contribution is -2.46. The summed E-state index contributed by atoms with van der Waals surface area (Å²) >= 11 is 0. The van der Waals surface area contributed by atoms with E-state index in [9.17, 15) is 5.11 Å². The molecule has 23 heavy (non-hydrogen) atoms. The summed E-state index contributed by atoms with van der Waals surface area (Å²) in [5.74, 6) is 1.21. The van der Waals surface area contributed by atoms with Crippen molar-refractivity contribution in [2.45, 2.75) is 69.9 Å². The number of rotatable bonds is 5. The van der Waals surface area contributed by atoms with Crippen LogP contribution in [0.25, 0.3) is 0 Å². The SMILES string of the molecule is CCCCOc1ccc2c(c1)CN(C)CC2C1(O)CCCCC1. The van der Waals surface area contributed by atoms with E-state index in [4.69, 9.17) is 4.74 Å². The number of likely N-dealkylation sites (N-methyl/N-ethyl adjacent to an activating group) is 1. The second kappa shape index (κ2) is 7.23. The van der Waals surface area contributed by atoms with Crippen molar-refractivity contribution in [3.63, 3.8) is 0 Å². The molecule has 0 bridgehead atoms. The van der Waals surface area contributed by atoms with Gasteiger partial charge in [-0.15, -0.1) is 0 Å². The van der Waals surface area contributed by atoms with Crippen LogP contribution in [0.1, 0.15) is 68.9 Å². The summed E-state index contributed by atoms with van der Waals surface area (Å²) in [6, 6.07) is 6.50. The zero-order chi connectivity index (χ0) is 16.3. The van der Waals surface area contributed by atoms with Crippen LogP contribution in [0.15, 0.2) is 18.2 Å². The summed E-state index contributed by atoms with van der Waals surface area (Å²) in [5.41, 5.74) is 2.15. The molecule has 1 aliphatic carbocycles. The molecule has 3 rings (SSSR count). The molecular weight excluding hydrogens is 286 g/mol. The van der Waals surface area contributed by atoms with Crippen LogP contribution in [0.4, 0.5) is 0 Å². The number of nitrogens with zero attached hydrogens (tertiary/aromatic N) is 1. The van der Waals surface area contributed by atoms with E-state index in [1.807, 2.05) is 0 Å². The highest BCUT2D eigenvalue weighted by Gasteiger charge is 2.41. The molecule has 3 heteroatoms. The highest BCUT2D eigenvalue weighted by molar-refractivity contribution is 5.41. The summed E-state index contributed by atoms with van der Waals surface area (Å²) in [4.78, 5) is 2.34. The Labute approximate surface area is 140 Å². The van der Waals surface area contributed by atoms with Crippen molar-refractivity contribution in [2.75, 3.05) is 20.2 Å². The van der Waals surface area contributed by atoms with Crippen molar-refractivity contribution in [3.8, 4) is 5.75 Å². The van der Waals surface area contributed by atoms with Crippen molar-refractivity contribution >= 4 is 0 Å². The smallest absolute Gasteiger partial charge is 0.119 e. The molecule has 3 nitrogen and oxygen atoms in total. The third-order valence-electron chi connectivity index (χ3n) is 5.56. The Balaban J connectivity index is 1.83. The zero-order valence-electron chi connectivity index (χ0n) is 14.7. The van der Waals surface area contributed by atoms with Gasteiger partial charge in [-0.1, -0.05) is 38.7 Å². The Hall–Kier alpha value is -1.06. The van der Waals surface area contributed by atoms with Crippen LogP contribution >= 0.6 is 0 Å². The van der Waals surface area contributed by atoms with Crippen LogP contribution in [0.3, 0.4) is 0 Å². The minimum Gasteiger partial charge on any atom is -0.494 e. The summed E-state index contributed by atoms with van der Waals surface area (Å²) in [6.07, 6.45) is 7.72. The minimum absolute atomic E-state index is 0.237. The number of aliphatic hydroxyl groups is 1. The fraction of sp³-hybridized carbons (Fsp3) is 0.700. The molecule has 1 fully saturated rings. The third-order valence-corrected chi connectivity index (χ3v) is 5.56. The highest BCUT2D eigenvalue weighted by atomic mass is 16.5. The van der Waals surface area contributed by atoms with Gasteiger partial charge in [-0.05, 0) is 49.6 Å². The second-order valence-electron chi connectivity index (χ2n) is 7.48. The lowest BCUT2D eigenvalue weighted by atomic mass is 9.70. The normalized spacial score (nSPS) is 24.2. The molecule has 0 saturated heterocycles. The van der Waals surface area contributed by atoms with Gasteiger partial charge in [0.15, 0.2) is 0 Å². The lowest BCUT2D eigenvalue weighted by molar-refractivity contribution is -0.0333. The van der Waals surface area contributed by atoms with E-state index >= 15 is 0 Å². The maximum atomic E-state index is 11.2. The van der Waals surface area contributed by atoms with Gasteiger partial charge in [0.2, 0.25) is 0 Å². The Morgan fingerprint density at radius 3 is 2.78 bits per heavy atom. The molecule has 0 radical (unpaired) electrons. The summed E-state index contributed by atoms with van der Waals surface area (Å²) in [7, 11) is 2.16. The Kier molecular flexibility index (Phi) is 5.27. The predicted molar refractivity (Wildman–Crippen MR) is 94.0 cm³/mol. The maximum Gasteiger partial charge on any atom is 0.119 e. The van der Waals surface area contributed by atoms with Gasteiger partial charge in [-0.25, -0.2) is 0 Å². The maximum absolute atomic E-state index is 11.2. The Morgan fingerprint density at radius 1 is 1.26 bits per heavy atom. The fourth-order valence-electron chi connectivity index (χ4n) is 4.22. The average molecular weight is 317 g/mol. The molecule has 1 saturated carbocycles. The molecule has 1 unspecified atom stereocenters. The van der Waals surface area contributed by atoms with Crippen LogP contribution in [0, 0.1) is 0 Å². The first-order valence-electron chi connectivity index (χ1n) is 9.29. The molecule has 1 aromatic rings. The number of hydrogen-bond donors (Lipinski definition) is 1.